The first kappa shape index (κ1) is 16.8. The van der Waals surface area contributed by atoms with Gasteiger partial charge in [-0.1, -0.05) is 6.07 Å². The number of hydrogen-bond donors (Lipinski definition) is 2. The largest absolute Gasteiger partial charge is 0.493 e. The van der Waals surface area contributed by atoms with E-state index in [0.717, 1.165) is 50.2 Å². The molecule has 0 saturated carbocycles. The molecule has 24 heavy (non-hydrogen) atoms. The van der Waals surface area contributed by atoms with Gasteiger partial charge < -0.3 is 19.9 Å². The van der Waals surface area contributed by atoms with Gasteiger partial charge in [0.05, 0.1) is 6.61 Å². The molecule has 0 aromatic heterocycles. The molecule has 0 spiro atoms. The van der Waals surface area contributed by atoms with Crippen molar-refractivity contribution in [2.24, 2.45) is 5.92 Å². The Morgan fingerprint density at radius 2 is 2.04 bits per heavy atom. The maximum Gasteiger partial charge on any atom is 0.330 e. The predicted octanol–water partition coefficient (Wildman–Crippen LogP) is 2.07. The number of carbonyl (C=O) groups is 2. The van der Waals surface area contributed by atoms with Gasteiger partial charge >= 0.3 is 5.97 Å². The Hall–Kier alpha value is -2.08. The number of amides is 1. The first-order valence-corrected chi connectivity index (χ1v) is 8.49. The van der Waals surface area contributed by atoms with Crippen molar-refractivity contribution in [3.8, 4) is 5.75 Å². The number of carboxylic acid groups (broad SMARTS) is 1. The van der Waals surface area contributed by atoms with E-state index >= 15 is 0 Å². The quantitative estimate of drug-likeness (QED) is 0.832. The molecule has 1 fully saturated rings. The van der Waals surface area contributed by atoms with E-state index in [-0.39, 0.29) is 5.91 Å². The Labute approximate surface area is 141 Å². The SMILES string of the molecule is O=C(CCC1CCOCC1)NC(C(=O)O)c1ccc2c(c1)CCO2. The van der Waals surface area contributed by atoms with Gasteiger partial charge in [-0.3, -0.25) is 4.79 Å². The number of fused-ring (bicyclic) bond motifs is 1. The molecule has 0 radical (unpaired) electrons. The minimum absolute atomic E-state index is 0.217. The highest BCUT2D eigenvalue weighted by molar-refractivity contribution is 5.84. The van der Waals surface area contributed by atoms with Crippen LogP contribution in [0.15, 0.2) is 18.2 Å². The van der Waals surface area contributed by atoms with Gasteiger partial charge in [-0.2, -0.15) is 0 Å². The lowest BCUT2D eigenvalue weighted by Gasteiger charge is -2.22. The molecular weight excluding hydrogens is 310 g/mol. The third-order valence-corrected chi connectivity index (χ3v) is 4.72. The number of aliphatic carboxylic acids is 1. The van der Waals surface area contributed by atoms with Gasteiger partial charge in [0, 0.05) is 26.1 Å². The number of hydrogen-bond acceptors (Lipinski definition) is 4. The number of ether oxygens (including phenoxy) is 2. The van der Waals surface area contributed by atoms with E-state index in [4.69, 9.17) is 9.47 Å². The monoisotopic (exact) mass is 333 g/mol. The van der Waals surface area contributed by atoms with Crippen molar-refractivity contribution >= 4 is 11.9 Å². The second-order valence-corrected chi connectivity index (χ2v) is 6.40. The number of carboxylic acids is 1. The fourth-order valence-corrected chi connectivity index (χ4v) is 3.28. The summed E-state index contributed by atoms with van der Waals surface area (Å²) in [4.78, 5) is 23.8. The highest BCUT2D eigenvalue weighted by atomic mass is 16.5. The van der Waals surface area contributed by atoms with Crippen LogP contribution < -0.4 is 10.1 Å². The van der Waals surface area contributed by atoms with E-state index in [1.54, 1.807) is 12.1 Å². The molecule has 0 aliphatic carbocycles. The Bertz CT molecular complexity index is 609. The summed E-state index contributed by atoms with van der Waals surface area (Å²) in [6.07, 6.45) is 3.84. The van der Waals surface area contributed by atoms with Crippen LogP contribution in [0.1, 0.15) is 42.9 Å². The molecule has 6 heteroatoms. The van der Waals surface area contributed by atoms with E-state index in [1.807, 2.05) is 6.07 Å². The highest BCUT2D eigenvalue weighted by Crippen LogP contribution is 2.28. The van der Waals surface area contributed by atoms with Gasteiger partial charge in [0.2, 0.25) is 5.91 Å². The molecule has 0 bridgehead atoms. The lowest BCUT2D eigenvalue weighted by molar-refractivity contribution is -0.142. The lowest BCUT2D eigenvalue weighted by Crippen LogP contribution is -2.34. The highest BCUT2D eigenvalue weighted by Gasteiger charge is 2.25. The zero-order valence-corrected chi connectivity index (χ0v) is 13.6. The summed E-state index contributed by atoms with van der Waals surface area (Å²) >= 11 is 0. The smallest absolute Gasteiger partial charge is 0.330 e. The molecule has 6 nitrogen and oxygen atoms in total. The molecule has 1 aromatic rings. The Morgan fingerprint density at radius 3 is 2.79 bits per heavy atom. The van der Waals surface area contributed by atoms with Crippen LogP contribution in [0.4, 0.5) is 0 Å². The molecular formula is C18H23NO5. The summed E-state index contributed by atoms with van der Waals surface area (Å²) in [5.41, 5.74) is 1.58. The first-order valence-electron chi connectivity index (χ1n) is 8.49. The number of nitrogens with one attached hydrogen (secondary N) is 1. The second-order valence-electron chi connectivity index (χ2n) is 6.40. The van der Waals surface area contributed by atoms with Gasteiger partial charge in [-0.25, -0.2) is 4.79 Å². The van der Waals surface area contributed by atoms with Crippen molar-refractivity contribution in [3.05, 3.63) is 29.3 Å². The predicted molar refractivity (Wildman–Crippen MR) is 86.9 cm³/mol. The molecule has 2 aliphatic heterocycles. The van der Waals surface area contributed by atoms with Gasteiger partial charge in [0.25, 0.3) is 0 Å². The minimum Gasteiger partial charge on any atom is -0.493 e. The number of carbonyl (C=O) groups excluding carboxylic acids is 1. The van der Waals surface area contributed by atoms with E-state index in [2.05, 4.69) is 5.32 Å². The molecule has 130 valence electrons. The molecule has 1 amide bonds. The Morgan fingerprint density at radius 1 is 1.25 bits per heavy atom. The lowest BCUT2D eigenvalue weighted by atomic mass is 9.94. The summed E-state index contributed by atoms with van der Waals surface area (Å²) in [5.74, 6) is 0.0255. The topological polar surface area (TPSA) is 84.9 Å². The summed E-state index contributed by atoms with van der Waals surface area (Å²) in [6.45, 7) is 2.12. The van der Waals surface area contributed by atoms with Crippen molar-refractivity contribution in [3.63, 3.8) is 0 Å². The average Bonchev–Trinajstić information content (AvgIpc) is 3.06. The van der Waals surface area contributed by atoms with Gasteiger partial charge in [0.15, 0.2) is 6.04 Å². The van der Waals surface area contributed by atoms with Crippen LogP contribution in [-0.4, -0.2) is 36.8 Å². The summed E-state index contributed by atoms with van der Waals surface area (Å²) < 4.78 is 10.7. The molecule has 3 rings (SSSR count). The van der Waals surface area contributed by atoms with Gasteiger partial charge in [-0.05, 0) is 48.4 Å². The van der Waals surface area contributed by atoms with Crippen LogP contribution in [0.25, 0.3) is 0 Å². The molecule has 1 unspecified atom stereocenters. The van der Waals surface area contributed by atoms with Crippen molar-refractivity contribution in [2.75, 3.05) is 19.8 Å². The van der Waals surface area contributed by atoms with E-state index in [0.29, 0.717) is 24.5 Å². The number of benzene rings is 1. The van der Waals surface area contributed by atoms with Crippen molar-refractivity contribution in [1.82, 2.24) is 5.32 Å². The van der Waals surface area contributed by atoms with Gasteiger partial charge in [0.1, 0.15) is 5.75 Å². The molecule has 2 heterocycles. The first-order chi connectivity index (χ1) is 11.6. The molecule has 1 atom stereocenters. The van der Waals surface area contributed by atoms with E-state index in [1.165, 1.54) is 0 Å². The third-order valence-electron chi connectivity index (χ3n) is 4.72. The van der Waals surface area contributed by atoms with Crippen LogP contribution in [-0.2, 0) is 20.7 Å². The zero-order chi connectivity index (χ0) is 16.9. The third kappa shape index (κ3) is 4.06. The van der Waals surface area contributed by atoms with Crippen molar-refractivity contribution < 1.29 is 24.2 Å². The fourth-order valence-electron chi connectivity index (χ4n) is 3.28. The average molecular weight is 333 g/mol. The van der Waals surface area contributed by atoms with E-state index in [9.17, 15) is 14.7 Å². The number of rotatable bonds is 6. The zero-order valence-electron chi connectivity index (χ0n) is 13.6. The maximum atomic E-state index is 12.2. The second kappa shape index (κ2) is 7.66. The molecule has 1 saturated heterocycles. The van der Waals surface area contributed by atoms with E-state index < -0.39 is 12.0 Å². The summed E-state index contributed by atoms with van der Waals surface area (Å²) in [6, 6.07) is 4.29. The molecule has 2 N–H and O–H groups in total. The normalized spacial score (nSPS) is 18.5. The van der Waals surface area contributed by atoms with Crippen LogP contribution in [0.2, 0.25) is 0 Å². The van der Waals surface area contributed by atoms with Crippen LogP contribution >= 0.6 is 0 Å². The van der Waals surface area contributed by atoms with Crippen molar-refractivity contribution in [2.45, 2.75) is 38.1 Å². The minimum atomic E-state index is -1.05. The maximum absolute atomic E-state index is 12.2. The summed E-state index contributed by atoms with van der Waals surface area (Å²) in [5, 5.41) is 12.1. The van der Waals surface area contributed by atoms with Gasteiger partial charge in [-0.15, -0.1) is 0 Å². The van der Waals surface area contributed by atoms with Crippen LogP contribution in [0.3, 0.4) is 0 Å². The van der Waals surface area contributed by atoms with Crippen LogP contribution in [0.5, 0.6) is 5.75 Å². The Kier molecular flexibility index (Phi) is 5.35. The standard InChI is InChI=1S/C18H23NO5/c20-16(4-1-12-5-8-23-9-6-12)19-17(18(21)22)14-2-3-15-13(11-14)7-10-24-15/h2-3,11-12,17H,1,4-10H2,(H,19,20)(H,21,22). The van der Waals surface area contributed by atoms with Crippen LogP contribution in [0, 0.1) is 5.92 Å². The molecule has 1 aromatic carbocycles. The molecule has 2 aliphatic rings. The Balaban J connectivity index is 1.59. The fraction of sp³-hybridized carbons (Fsp3) is 0.556. The van der Waals surface area contributed by atoms with Crippen molar-refractivity contribution in [1.29, 1.82) is 0 Å². The summed E-state index contributed by atoms with van der Waals surface area (Å²) in [7, 11) is 0.